The number of ether oxygens (including phenoxy) is 1. The van der Waals surface area contributed by atoms with E-state index in [9.17, 15) is 8.42 Å². The molecule has 0 spiro atoms. The Morgan fingerprint density at radius 1 is 0.929 bits per heavy atom. The highest BCUT2D eigenvalue weighted by atomic mass is 32.2. The molecule has 4 aromatic rings. The number of benzene rings is 2. The van der Waals surface area contributed by atoms with Gasteiger partial charge in [-0.2, -0.15) is 13.4 Å². The maximum Gasteiger partial charge on any atom is 0.291 e. The van der Waals surface area contributed by atoms with E-state index in [0.29, 0.717) is 11.4 Å². The number of hydrogen-bond donors (Lipinski definition) is 1. The first kappa shape index (κ1) is 18.1. The van der Waals surface area contributed by atoms with Crippen LogP contribution < -0.4 is 9.46 Å². The predicted molar refractivity (Wildman–Crippen MR) is 107 cm³/mol. The minimum atomic E-state index is -3.88. The molecule has 0 atom stereocenters. The number of para-hydroxylation sites is 1. The minimum Gasteiger partial charge on any atom is -0.439 e. The largest absolute Gasteiger partial charge is 0.439 e. The highest BCUT2D eigenvalue weighted by molar-refractivity contribution is 7.94. The predicted octanol–water partition coefficient (Wildman–Crippen LogP) is 4.19. The lowest BCUT2D eigenvalue weighted by Crippen LogP contribution is -2.15. The lowest BCUT2D eigenvalue weighted by Gasteiger charge is -2.10. The summed E-state index contributed by atoms with van der Waals surface area (Å²) in [5.74, 6) is 0.702. The Morgan fingerprint density at radius 3 is 2.32 bits per heavy atom. The second-order valence-electron chi connectivity index (χ2n) is 5.60. The van der Waals surface area contributed by atoms with Crippen molar-refractivity contribution in [2.45, 2.75) is 4.34 Å². The van der Waals surface area contributed by atoms with Gasteiger partial charge in [0.25, 0.3) is 10.0 Å². The quantitative estimate of drug-likeness (QED) is 0.512. The summed E-state index contributed by atoms with van der Waals surface area (Å²) in [6, 6.07) is 20.1. The molecule has 0 fully saturated rings. The van der Waals surface area contributed by atoms with Gasteiger partial charge in [-0.3, -0.25) is 0 Å². The van der Waals surface area contributed by atoms with E-state index in [1.54, 1.807) is 23.6 Å². The molecular weight excluding hydrogens is 396 g/mol. The Bertz CT molecular complexity index is 1170. The van der Waals surface area contributed by atoms with Crippen molar-refractivity contribution >= 4 is 27.3 Å². The van der Waals surface area contributed by atoms with Crippen molar-refractivity contribution in [1.29, 1.82) is 0 Å². The number of anilines is 1. The minimum absolute atomic E-state index is 0.0632. The number of nitrogens with one attached hydrogen (secondary N) is 1. The molecule has 7 nitrogen and oxygen atoms in total. The van der Waals surface area contributed by atoms with E-state index in [4.69, 9.17) is 4.74 Å². The molecule has 0 unspecified atom stereocenters. The number of thiazole rings is 1. The van der Waals surface area contributed by atoms with Crippen LogP contribution in [0.15, 0.2) is 82.6 Å². The number of aromatic nitrogens is 3. The third-order valence-corrected chi connectivity index (χ3v) is 6.13. The first-order valence-electron chi connectivity index (χ1n) is 8.20. The zero-order valence-corrected chi connectivity index (χ0v) is 16.0. The van der Waals surface area contributed by atoms with E-state index in [1.165, 1.54) is 6.20 Å². The van der Waals surface area contributed by atoms with Gasteiger partial charge in [-0.15, -0.1) is 11.3 Å². The van der Waals surface area contributed by atoms with E-state index >= 15 is 0 Å². The van der Waals surface area contributed by atoms with Gasteiger partial charge in [0, 0.05) is 23.2 Å². The summed E-state index contributed by atoms with van der Waals surface area (Å²) in [5.41, 5.74) is 1.33. The molecule has 2 aromatic carbocycles. The van der Waals surface area contributed by atoms with Gasteiger partial charge in [0.2, 0.25) is 16.2 Å². The molecule has 0 aliphatic carbocycles. The molecule has 9 heteroatoms. The molecule has 28 heavy (non-hydrogen) atoms. The Kier molecular flexibility index (Phi) is 5.00. The Hall–Kier alpha value is -3.30. The average molecular weight is 410 g/mol. The molecule has 1 N–H and O–H groups in total. The molecule has 0 bridgehead atoms. The molecule has 2 heterocycles. The maximum absolute atomic E-state index is 12.5. The second-order valence-corrected chi connectivity index (χ2v) is 8.35. The number of hydrogen-bond acceptors (Lipinski definition) is 7. The maximum atomic E-state index is 12.5. The van der Waals surface area contributed by atoms with Crippen molar-refractivity contribution in [2.24, 2.45) is 0 Å². The first-order chi connectivity index (χ1) is 13.6. The van der Waals surface area contributed by atoms with Crippen LogP contribution in [0, 0.1) is 0 Å². The van der Waals surface area contributed by atoms with Gasteiger partial charge in [-0.1, -0.05) is 48.5 Å². The molecule has 2 aromatic heterocycles. The Labute approximate surface area is 165 Å². The zero-order chi connectivity index (χ0) is 19.4. The third kappa shape index (κ3) is 4.16. The molecular formula is C19H14N4O3S2. The standard InChI is InChI=1S/C19H14N4O3S2/c24-28(25,19-20-11-12-27-19)23-18-21-16(14-7-3-1-4-8-14)13-17(22-18)26-15-9-5-2-6-10-15/h1-13H,(H,21,22,23). The van der Waals surface area contributed by atoms with Gasteiger partial charge in [-0.25, -0.2) is 14.7 Å². The zero-order valence-electron chi connectivity index (χ0n) is 14.4. The van der Waals surface area contributed by atoms with Crippen LogP contribution in [0.4, 0.5) is 5.95 Å². The normalized spacial score (nSPS) is 11.1. The number of nitrogens with zero attached hydrogens (tertiary/aromatic N) is 3. The van der Waals surface area contributed by atoms with E-state index in [0.717, 1.165) is 16.9 Å². The van der Waals surface area contributed by atoms with Crippen molar-refractivity contribution < 1.29 is 13.2 Å². The van der Waals surface area contributed by atoms with Crippen LogP contribution in [0.25, 0.3) is 11.3 Å². The molecule has 0 amide bonds. The fourth-order valence-electron chi connectivity index (χ4n) is 2.40. The van der Waals surface area contributed by atoms with Crippen LogP contribution >= 0.6 is 11.3 Å². The van der Waals surface area contributed by atoms with Crippen LogP contribution in [0.3, 0.4) is 0 Å². The van der Waals surface area contributed by atoms with Gasteiger partial charge >= 0.3 is 0 Å². The molecule has 0 radical (unpaired) electrons. The summed E-state index contributed by atoms with van der Waals surface area (Å²) < 4.78 is 33.1. The highest BCUT2D eigenvalue weighted by Crippen LogP contribution is 2.27. The van der Waals surface area contributed by atoms with Crippen molar-refractivity contribution in [2.75, 3.05) is 4.72 Å². The van der Waals surface area contributed by atoms with Crippen LogP contribution in [0.2, 0.25) is 0 Å². The molecule has 4 rings (SSSR count). The lowest BCUT2D eigenvalue weighted by atomic mass is 10.1. The van der Waals surface area contributed by atoms with Crippen molar-refractivity contribution in [3.8, 4) is 22.9 Å². The fourth-order valence-corrected chi connectivity index (χ4v) is 4.17. The van der Waals surface area contributed by atoms with Gasteiger partial charge < -0.3 is 4.74 Å². The molecule has 0 aliphatic rings. The van der Waals surface area contributed by atoms with Gasteiger partial charge in [-0.05, 0) is 12.1 Å². The highest BCUT2D eigenvalue weighted by Gasteiger charge is 2.20. The fraction of sp³-hybridized carbons (Fsp3) is 0. The number of sulfonamides is 1. The van der Waals surface area contributed by atoms with Crippen LogP contribution in [-0.4, -0.2) is 23.4 Å². The van der Waals surface area contributed by atoms with Gasteiger partial charge in [0.15, 0.2) is 0 Å². The van der Waals surface area contributed by atoms with Gasteiger partial charge in [0.05, 0.1) is 5.69 Å². The summed E-state index contributed by atoms with van der Waals surface area (Å²) in [7, 11) is -3.88. The Morgan fingerprint density at radius 2 is 1.64 bits per heavy atom. The van der Waals surface area contributed by atoms with Crippen LogP contribution in [0.1, 0.15) is 0 Å². The second kappa shape index (κ2) is 7.75. The van der Waals surface area contributed by atoms with Crippen LogP contribution in [0.5, 0.6) is 11.6 Å². The third-order valence-electron chi connectivity index (χ3n) is 3.60. The van der Waals surface area contributed by atoms with E-state index in [1.807, 2.05) is 48.5 Å². The van der Waals surface area contributed by atoms with Crippen molar-refractivity contribution in [3.63, 3.8) is 0 Å². The number of rotatable bonds is 6. The van der Waals surface area contributed by atoms with E-state index in [-0.39, 0.29) is 16.2 Å². The molecule has 140 valence electrons. The summed E-state index contributed by atoms with van der Waals surface area (Å²) in [6.07, 6.45) is 1.42. The van der Waals surface area contributed by atoms with Crippen molar-refractivity contribution in [1.82, 2.24) is 15.0 Å². The molecule has 0 saturated carbocycles. The van der Waals surface area contributed by atoms with Crippen LogP contribution in [-0.2, 0) is 10.0 Å². The van der Waals surface area contributed by atoms with E-state index < -0.39 is 10.0 Å². The Balaban J connectivity index is 1.74. The van der Waals surface area contributed by atoms with Crippen molar-refractivity contribution in [3.05, 3.63) is 78.3 Å². The summed E-state index contributed by atoms with van der Waals surface area (Å²) in [5, 5.41) is 1.58. The SMILES string of the molecule is O=S(=O)(Nc1nc(Oc2ccccc2)cc(-c2ccccc2)n1)c1nccs1. The first-order valence-corrected chi connectivity index (χ1v) is 10.6. The summed E-state index contributed by atoms with van der Waals surface area (Å²) in [6.45, 7) is 0. The topological polar surface area (TPSA) is 94.1 Å². The molecule has 0 aliphatic heterocycles. The monoisotopic (exact) mass is 410 g/mol. The summed E-state index contributed by atoms with van der Waals surface area (Å²) in [4.78, 5) is 12.4. The molecule has 0 saturated heterocycles. The van der Waals surface area contributed by atoms with E-state index in [2.05, 4.69) is 19.7 Å². The smallest absolute Gasteiger partial charge is 0.291 e. The lowest BCUT2D eigenvalue weighted by molar-refractivity contribution is 0.463. The summed E-state index contributed by atoms with van der Waals surface area (Å²) >= 11 is 1.01. The average Bonchev–Trinajstić information content (AvgIpc) is 3.25. The van der Waals surface area contributed by atoms with Gasteiger partial charge in [0.1, 0.15) is 5.75 Å².